The summed E-state index contributed by atoms with van der Waals surface area (Å²) in [6.45, 7) is 0.338. The fraction of sp³-hybridized carbons (Fsp3) is 0.471. The number of rotatable bonds is 8. The summed E-state index contributed by atoms with van der Waals surface area (Å²) < 4.78 is 27.1. The van der Waals surface area contributed by atoms with Crippen molar-refractivity contribution in [3.8, 4) is 0 Å². The summed E-state index contributed by atoms with van der Waals surface area (Å²) in [5.41, 5.74) is 0.279. The van der Waals surface area contributed by atoms with Gasteiger partial charge in [-0.05, 0) is 25.0 Å². The number of sulfonamides is 1. The lowest BCUT2D eigenvalue weighted by molar-refractivity contribution is 0.102. The summed E-state index contributed by atoms with van der Waals surface area (Å²) >= 11 is 8.61. The molecule has 1 aromatic heterocycles. The molecule has 0 atom stereocenters. The first kappa shape index (κ1) is 21.5. The Balaban J connectivity index is 1.51. The van der Waals surface area contributed by atoms with Gasteiger partial charge in [-0.2, -0.15) is 11.8 Å². The van der Waals surface area contributed by atoms with Crippen LogP contribution in [0.5, 0.6) is 0 Å². The highest BCUT2D eigenvalue weighted by atomic mass is 35.5. The molecule has 1 amide bonds. The largest absolute Gasteiger partial charge is 0.296 e. The number of carbonyl (C=O) groups excluding carboxylic acids is 1. The van der Waals surface area contributed by atoms with E-state index in [9.17, 15) is 13.2 Å². The van der Waals surface area contributed by atoms with Crippen molar-refractivity contribution >= 4 is 55.8 Å². The van der Waals surface area contributed by atoms with Crippen molar-refractivity contribution in [1.82, 2.24) is 14.9 Å². The van der Waals surface area contributed by atoms with Gasteiger partial charge in [0.2, 0.25) is 9.47 Å². The quantitative estimate of drug-likeness (QED) is 0.459. The van der Waals surface area contributed by atoms with Crippen molar-refractivity contribution in [2.75, 3.05) is 17.6 Å². The molecule has 152 valence electrons. The third-order valence-electron chi connectivity index (χ3n) is 4.28. The Morgan fingerprint density at radius 2 is 1.96 bits per heavy atom. The molecule has 2 N–H and O–H groups in total. The monoisotopic (exact) mass is 460 g/mol. The highest BCUT2D eigenvalue weighted by Gasteiger charge is 2.21. The molecule has 0 bridgehead atoms. The normalized spacial score (nSPS) is 15.5. The number of halogens is 1. The Kier molecular flexibility index (Phi) is 7.69. The third kappa shape index (κ3) is 5.90. The second kappa shape index (κ2) is 10.0. The number of amides is 1. The first-order valence-electron chi connectivity index (χ1n) is 8.96. The van der Waals surface area contributed by atoms with Crippen molar-refractivity contribution in [2.24, 2.45) is 0 Å². The van der Waals surface area contributed by atoms with Gasteiger partial charge in [-0.1, -0.05) is 54.3 Å². The molecule has 7 nitrogen and oxygen atoms in total. The van der Waals surface area contributed by atoms with E-state index >= 15 is 0 Å². The van der Waals surface area contributed by atoms with Crippen LogP contribution in [-0.2, 0) is 10.0 Å². The molecule has 1 aliphatic carbocycles. The van der Waals surface area contributed by atoms with Crippen LogP contribution in [0.2, 0.25) is 5.02 Å². The number of aromatic nitrogens is 2. The van der Waals surface area contributed by atoms with Gasteiger partial charge in [0.25, 0.3) is 15.9 Å². The molecule has 3 rings (SSSR count). The number of anilines is 1. The van der Waals surface area contributed by atoms with Gasteiger partial charge in [0, 0.05) is 17.5 Å². The molecule has 0 spiro atoms. The van der Waals surface area contributed by atoms with Crippen LogP contribution in [0.1, 0.15) is 42.5 Å². The Morgan fingerprint density at radius 3 is 2.71 bits per heavy atom. The SMILES string of the molecule is O=C(Nc1nnc(S(=O)(=O)NCCSC2CCCCC2)s1)c1ccccc1Cl. The van der Waals surface area contributed by atoms with Gasteiger partial charge < -0.3 is 0 Å². The minimum atomic E-state index is -3.75. The molecule has 1 aliphatic rings. The van der Waals surface area contributed by atoms with E-state index in [2.05, 4.69) is 20.2 Å². The van der Waals surface area contributed by atoms with Gasteiger partial charge in [-0.25, -0.2) is 13.1 Å². The van der Waals surface area contributed by atoms with Crippen LogP contribution in [0.25, 0.3) is 0 Å². The fourth-order valence-corrected chi connectivity index (χ4v) is 6.41. The molecule has 1 aromatic carbocycles. The van der Waals surface area contributed by atoms with Gasteiger partial charge in [0.15, 0.2) is 0 Å². The van der Waals surface area contributed by atoms with Crippen molar-refractivity contribution < 1.29 is 13.2 Å². The molecule has 0 unspecified atom stereocenters. The lowest BCUT2D eigenvalue weighted by atomic mass is 10.0. The highest BCUT2D eigenvalue weighted by molar-refractivity contribution is 8.00. The highest BCUT2D eigenvalue weighted by Crippen LogP contribution is 2.28. The Morgan fingerprint density at radius 1 is 1.21 bits per heavy atom. The minimum absolute atomic E-state index is 0.0990. The van der Waals surface area contributed by atoms with Crippen LogP contribution in [0.15, 0.2) is 28.6 Å². The standard InChI is InChI=1S/C17H21ClN4O3S3/c18-14-9-5-4-8-13(14)15(23)20-16-21-22-17(27-16)28(24,25)19-10-11-26-12-6-2-1-3-7-12/h4-5,8-9,12,19H,1-3,6-7,10-11H2,(H,20,21,23). The summed E-state index contributed by atoms with van der Waals surface area (Å²) in [5, 5.41) is 11.0. The molecule has 11 heteroatoms. The van der Waals surface area contributed by atoms with Crippen LogP contribution in [0.3, 0.4) is 0 Å². The number of nitrogens with one attached hydrogen (secondary N) is 2. The van der Waals surface area contributed by atoms with Crippen LogP contribution in [-0.4, -0.2) is 42.1 Å². The fourth-order valence-electron chi connectivity index (χ4n) is 2.87. The molecule has 0 saturated heterocycles. The summed E-state index contributed by atoms with van der Waals surface area (Å²) in [6, 6.07) is 6.57. The van der Waals surface area contributed by atoms with Gasteiger partial charge in [0.1, 0.15) is 0 Å². The lowest BCUT2D eigenvalue weighted by Crippen LogP contribution is -2.26. The molecule has 1 heterocycles. The average Bonchev–Trinajstić information content (AvgIpc) is 3.16. The smallest absolute Gasteiger partial charge is 0.269 e. The van der Waals surface area contributed by atoms with Crippen molar-refractivity contribution in [2.45, 2.75) is 41.7 Å². The minimum Gasteiger partial charge on any atom is -0.296 e. The van der Waals surface area contributed by atoms with Crippen LogP contribution in [0, 0.1) is 0 Å². The maximum Gasteiger partial charge on any atom is 0.269 e. The number of carbonyl (C=O) groups is 1. The van der Waals surface area contributed by atoms with Crippen LogP contribution < -0.4 is 10.0 Å². The van der Waals surface area contributed by atoms with Gasteiger partial charge >= 0.3 is 0 Å². The van der Waals surface area contributed by atoms with Crippen LogP contribution in [0.4, 0.5) is 5.13 Å². The van der Waals surface area contributed by atoms with E-state index in [4.69, 9.17) is 11.6 Å². The van der Waals surface area contributed by atoms with Crippen molar-refractivity contribution in [1.29, 1.82) is 0 Å². The molecule has 0 aliphatic heterocycles. The molecule has 1 saturated carbocycles. The second-order valence-corrected chi connectivity index (χ2v) is 11.1. The van der Waals surface area contributed by atoms with Gasteiger partial charge in [-0.3, -0.25) is 10.1 Å². The molecule has 2 aromatic rings. The molecule has 1 fully saturated rings. The van der Waals surface area contributed by atoms with Crippen LogP contribution >= 0.6 is 34.7 Å². The maximum atomic E-state index is 12.4. The number of hydrogen-bond donors (Lipinski definition) is 2. The van der Waals surface area contributed by atoms with E-state index in [1.54, 1.807) is 24.3 Å². The lowest BCUT2D eigenvalue weighted by Gasteiger charge is -2.20. The first-order valence-corrected chi connectivity index (χ1v) is 12.7. The number of nitrogens with zero attached hydrogens (tertiary/aromatic N) is 2. The van der Waals surface area contributed by atoms with Crippen molar-refractivity contribution in [3.63, 3.8) is 0 Å². The molecular weight excluding hydrogens is 440 g/mol. The predicted molar refractivity (Wildman–Crippen MR) is 114 cm³/mol. The molecule has 28 heavy (non-hydrogen) atoms. The zero-order valence-electron chi connectivity index (χ0n) is 15.1. The Hall–Kier alpha value is -1.20. The number of benzene rings is 1. The summed E-state index contributed by atoms with van der Waals surface area (Å²) in [7, 11) is -3.75. The van der Waals surface area contributed by atoms with E-state index in [1.807, 2.05) is 11.8 Å². The predicted octanol–water partition coefficient (Wildman–Crippen LogP) is 3.79. The summed E-state index contributed by atoms with van der Waals surface area (Å²) in [6.07, 6.45) is 6.24. The summed E-state index contributed by atoms with van der Waals surface area (Å²) in [5.74, 6) is 0.251. The third-order valence-corrected chi connectivity index (χ3v) is 8.65. The zero-order valence-corrected chi connectivity index (χ0v) is 18.3. The Labute approximate surface area is 177 Å². The average molecular weight is 461 g/mol. The number of hydrogen-bond acceptors (Lipinski definition) is 7. The first-order chi connectivity index (χ1) is 13.5. The van der Waals surface area contributed by atoms with E-state index in [-0.39, 0.29) is 15.0 Å². The van der Waals surface area contributed by atoms with E-state index in [1.165, 1.54) is 32.1 Å². The van der Waals surface area contributed by atoms with Crippen molar-refractivity contribution in [3.05, 3.63) is 34.9 Å². The molecular formula is C17H21ClN4O3S3. The zero-order chi connectivity index (χ0) is 20.0. The Bertz CT molecular complexity index is 914. The molecule has 0 radical (unpaired) electrons. The van der Waals surface area contributed by atoms with E-state index in [0.717, 1.165) is 17.1 Å². The van der Waals surface area contributed by atoms with Gasteiger partial charge in [0.05, 0.1) is 10.6 Å². The summed E-state index contributed by atoms with van der Waals surface area (Å²) in [4.78, 5) is 12.2. The maximum absolute atomic E-state index is 12.4. The van der Waals surface area contributed by atoms with Gasteiger partial charge in [-0.15, -0.1) is 10.2 Å². The topological polar surface area (TPSA) is 101 Å². The van der Waals surface area contributed by atoms with E-state index < -0.39 is 15.9 Å². The van der Waals surface area contributed by atoms with E-state index in [0.29, 0.717) is 16.8 Å². The second-order valence-electron chi connectivity index (χ2n) is 6.34. The number of thioether (sulfide) groups is 1.